The van der Waals surface area contributed by atoms with Crippen LogP contribution in [0.4, 0.5) is 11.4 Å². The van der Waals surface area contributed by atoms with Crippen molar-refractivity contribution in [1.29, 1.82) is 0 Å². The second-order valence-electron chi connectivity index (χ2n) is 5.03. The average molecular weight is 286 g/mol. The number of rotatable bonds is 3. The number of benzene rings is 1. The number of anilines is 2. The van der Waals surface area contributed by atoms with Gasteiger partial charge in [-0.05, 0) is 42.8 Å². The van der Waals surface area contributed by atoms with Gasteiger partial charge in [-0.25, -0.2) is 0 Å². The number of nitrogens with one attached hydrogen (secondary N) is 1. The Balaban J connectivity index is 1.73. The van der Waals surface area contributed by atoms with E-state index >= 15 is 0 Å². The van der Waals surface area contributed by atoms with Crippen LogP contribution in [0.25, 0.3) is 0 Å². The number of carbonyl (C=O) groups is 1. The Morgan fingerprint density at radius 3 is 2.71 bits per heavy atom. The molecule has 2 aromatic rings. The number of aryl methyl sites for hydroxylation is 1. The summed E-state index contributed by atoms with van der Waals surface area (Å²) in [5.41, 5.74) is 3.09. The number of nitrogens with zero attached hydrogens (tertiary/aromatic N) is 1. The third-order valence-electron chi connectivity index (χ3n) is 3.55. The number of hydrogen-bond donors (Lipinski definition) is 1. The van der Waals surface area contributed by atoms with Crippen molar-refractivity contribution in [2.24, 2.45) is 0 Å². The molecular formula is C16H18N2O3. The molecule has 3 rings (SSSR count). The van der Waals surface area contributed by atoms with E-state index in [0.717, 1.165) is 37.6 Å². The lowest BCUT2D eigenvalue weighted by Crippen LogP contribution is -2.36. The molecule has 0 saturated carbocycles. The lowest BCUT2D eigenvalue weighted by atomic mass is 10.1. The SMILES string of the molecule is Cc1cc(NC(=O)c2ccco2)ccc1N1CCOCC1. The second-order valence-corrected chi connectivity index (χ2v) is 5.03. The van der Waals surface area contributed by atoms with Crippen molar-refractivity contribution in [3.63, 3.8) is 0 Å². The highest BCUT2D eigenvalue weighted by Crippen LogP contribution is 2.24. The van der Waals surface area contributed by atoms with Crippen molar-refractivity contribution in [1.82, 2.24) is 0 Å². The molecule has 2 heterocycles. The molecule has 0 atom stereocenters. The van der Waals surface area contributed by atoms with E-state index in [1.807, 2.05) is 25.1 Å². The molecular weight excluding hydrogens is 268 g/mol. The van der Waals surface area contributed by atoms with Gasteiger partial charge in [0.15, 0.2) is 5.76 Å². The maximum Gasteiger partial charge on any atom is 0.291 e. The molecule has 1 fully saturated rings. The van der Waals surface area contributed by atoms with Crippen LogP contribution in [0, 0.1) is 6.92 Å². The van der Waals surface area contributed by atoms with Gasteiger partial charge in [0.25, 0.3) is 5.91 Å². The van der Waals surface area contributed by atoms with Crippen molar-refractivity contribution >= 4 is 17.3 Å². The van der Waals surface area contributed by atoms with E-state index in [4.69, 9.17) is 9.15 Å². The summed E-state index contributed by atoms with van der Waals surface area (Å²) in [6.45, 7) is 5.37. The van der Waals surface area contributed by atoms with E-state index < -0.39 is 0 Å². The third kappa shape index (κ3) is 3.08. The summed E-state index contributed by atoms with van der Waals surface area (Å²) in [5, 5.41) is 2.84. The number of morpholine rings is 1. The van der Waals surface area contributed by atoms with Gasteiger partial charge in [-0.15, -0.1) is 0 Å². The summed E-state index contributed by atoms with van der Waals surface area (Å²) in [4.78, 5) is 14.2. The van der Waals surface area contributed by atoms with Gasteiger partial charge < -0.3 is 19.4 Å². The molecule has 0 spiro atoms. The molecule has 5 nitrogen and oxygen atoms in total. The Hall–Kier alpha value is -2.27. The van der Waals surface area contributed by atoms with Gasteiger partial charge in [0.05, 0.1) is 19.5 Å². The Morgan fingerprint density at radius 1 is 1.24 bits per heavy atom. The first kappa shape index (κ1) is 13.7. The minimum Gasteiger partial charge on any atom is -0.459 e. The predicted octanol–water partition coefficient (Wildman–Crippen LogP) is 2.68. The van der Waals surface area contributed by atoms with Crippen LogP contribution >= 0.6 is 0 Å². The fourth-order valence-electron chi connectivity index (χ4n) is 2.49. The minimum absolute atomic E-state index is 0.237. The van der Waals surface area contributed by atoms with Gasteiger partial charge in [0.2, 0.25) is 0 Å². The van der Waals surface area contributed by atoms with E-state index in [-0.39, 0.29) is 5.91 Å². The Labute approximate surface area is 123 Å². The quantitative estimate of drug-likeness (QED) is 0.942. The highest BCUT2D eigenvalue weighted by Gasteiger charge is 2.14. The maximum atomic E-state index is 11.9. The van der Waals surface area contributed by atoms with Crippen molar-refractivity contribution in [3.05, 3.63) is 47.9 Å². The molecule has 1 amide bonds. The monoisotopic (exact) mass is 286 g/mol. The van der Waals surface area contributed by atoms with Crippen LogP contribution in [0.1, 0.15) is 16.1 Å². The smallest absolute Gasteiger partial charge is 0.291 e. The first-order valence-electron chi connectivity index (χ1n) is 7.02. The van der Waals surface area contributed by atoms with Crippen molar-refractivity contribution in [2.75, 3.05) is 36.5 Å². The molecule has 21 heavy (non-hydrogen) atoms. The van der Waals surface area contributed by atoms with Crippen LogP contribution in [0.2, 0.25) is 0 Å². The van der Waals surface area contributed by atoms with Gasteiger partial charge >= 0.3 is 0 Å². The molecule has 5 heteroatoms. The average Bonchev–Trinajstić information content (AvgIpc) is 3.02. The van der Waals surface area contributed by atoms with Crippen LogP contribution in [0.5, 0.6) is 0 Å². The maximum absolute atomic E-state index is 11.9. The lowest BCUT2D eigenvalue weighted by Gasteiger charge is -2.30. The summed E-state index contributed by atoms with van der Waals surface area (Å²) >= 11 is 0. The summed E-state index contributed by atoms with van der Waals surface area (Å²) in [6.07, 6.45) is 1.49. The number of hydrogen-bond acceptors (Lipinski definition) is 4. The molecule has 1 aliphatic rings. The van der Waals surface area contributed by atoms with Crippen LogP contribution in [0.15, 0.2) is 41.0 Å². The van der Waals surface area contributed by atoms with Gasteiger partial charge in [-0.3, -0.25) is 4.79 Å². The highest BCUT2D eigenvalue weighted by molar-refractivity contribution is 6.02. The second kappa shape index (κ2) is 6.01. The van der Waals surface area contributed by atoms with Crippen molar-refractivity contribution < 1.29 is 13.9 Å². The Bertz CT molecular complexity index is 616. The van der Waals surface area contributed by atoms with Gasteiger partial charge in [-0.1, -0.05) is 0 Å². The standard InChI is InChI=1S/C16H18N2O3/c1-12-11-13(17-16(19)15-3-2-8-21-15)4-5-14(12)18-6-9-20-10-7-18/h2-5,8,11H,6-7,9-10H2,1H3,(H,17,19). The van der Waals surface area contributed by atoms with E-state index in [9.17, 15) is 4.79 Å². The van der Waals surface area contributed by atoms with Crippen LogP contribution in [-0.2, 0) is 4.74 Å². The third-order valence-corrected chi connectivity index (χ3v) is 3.55. The number of furan rings is 1. The molecule has 110 valence electrons. The number of carbonyl (C=O) groups excluding carboxylic acids is 1. The minimum atomic E-state index is -0.237. The summed E-state index contributed by atoms with van der Waals surface area (Å²) < 4.78 is 10.5. The zero-order valence-corrected chi connectivity index (χ0v) is 12.0. The highest BCUT2D eigenvalue weighted by atomic mass is 16.5. The lowest BCUT2D eigenvalue weighted by molar-refractivity contribution is 0.0996. The molecule has 0 unspecified atom stereocenters. The summed E-state index contributed by atoms with van der Waals surface area (Å²) in [5.74, 6) is 0.0726. The molecule has 0 bridgehead atoms. The van der Waals surface area contributed by atoms with E-state index in [1.165, 1.54) is 12.0 Å². The van der Waals surface area contributed by atoms with E-state index in [1.54, 1.807) is 12.1 Å². The topological polar surface area (TPSA) is 54.7 Å². The molecule has 0 radical (unpaired) electrons. The van der Waals surface area contributed by atoms with Crippen LogP contribution < -0.4 is 10.2 Å². The fraction of sp³-hybridized carbons (Fsp3) is 0.312. The molecule has 1 aromatic heterocycles. The molecule has 1 aromatic carbocycles. The van der Waals surface area contributed by atoms with Gasteiger partial charge in [0.1, 0.15) is 0 Å². The van der Waals surface area contributed by atoms with Gasteiger partial charge in [0, 0.05) is 24.5 Å². The zero-order chi connectivity index (χ0) is 14.7. The van der Waals surface area contributed by atoms with Crippen molar-refractivity contribution in [3.8, 4) is 0 Å². The van der Waals surface area contributed by atoms with E-state index in [2.05, 4.69) is 10.2 Å². The van der Waals surface area contributed by atoms with E-state index in [0.29, 0.717) is 5.76 Å². The Kier molecular flexibility index (Phi) is 3.92. The largest absolute Gasteiger partial charge is 0.459 e. The summed E-state index contributed by atoms with van der Waals surface area (Å²) in [7, 11) is 0. The molecule has 1 saturated heterocycles. The first-order valence-corrected chi connectivity index (χ1v) is 7.02. The van der Waals surface area contributed by atoms with Crippen molar-refractivity contribution in [2.45, 2.75) is 6.92 Å². The molecule has 1 aliphatic heterocycles. The van der Waals surface area contributed by atoms with Crippen LogP contribution in [0.3, 0.4) is 0 Å². The number of amides is 1. The summed E-state index contributed by atoms with van der Waals surface area (Å²) in [6, 6.07) is 9.27. The Morgan fingerprint density at radius 2 is 2.05 bits per heavy atom. The van der Waals surface area contributed by atoms with Crippen LogP contribution in [-0.4, -0.2) is 32.2 Å². The normalized spacial score (nSPS) is 15.0. The number of ether oxygens (including phenoxy) is 1. The predicted molar refractivity (Wildman–Crippen MR) is 80.9 cm³/mol. The molecule has 1 N–H and O–H groups in total. The van der Waals surface area contributed by atoms with Gasteiger partial charge in [-0.2, -0.15) is 0 Å². The molecule has 0 aliphatic carbocycles. The first-order chi connectivity index (χ1) is 10.2. The fourth-order valence-corrected chi connectivity index (χ4v) is 2.49. The zero-order valence-electron chi connectivity index (χ0n) is 12.0.